The van der Waals surface area contributed by atoms with Crippen molar-refractivity contribution in [2.45, 2.75) is 38.5 Å². The Bertz CT molecular complexity index is 1700. The van der Waals surface area contributed by atoms with Crippen LogP contribution in [0.1, 0.15) is 46.3 Å². The molecule has 0 bridgehead atoms. The average Bonchev–Trinajstić information content (AvgIpc) is 3.20. The lowest BCUT2D eigenvalue weighted by atomic mass is 9.98. The van der Waals surface area contributed by atoms with E-state index in [2.05, 4.69) is 25.1 Å². The molecule has 210 valence electrons. The van der Waals surface area contributed by atoms with Crippen molar-refractivity contribution >= 4 is 23.3 Å². The number of nitrogens with zero attached hydrogens (tertiary/aromatic N) is 7. The highest BCUT2D eigenvalue weighted by atomic mass is 35.5. The molecule has 41 heavy (non-hydrogen) atoms. The standard InChI is InChI=1S/C29H25ClF3N7O/c1-38-16-35-37-26(38)19-2-6-34-12-21(19)18-10-24(30)36-25(11-18)40-14-22-20(27(40)41)8-17(9-23(22)29(31,32)33)13-39-7-5-28(15-39)3-4-28/h2,6,8-12,16H,3-5,7,13-15H2,1H3. The van der Waals surface area contributed by atoms with Gasteiger partial charge in [0.05, 0.1) is 12.1 Å². The minimum absolute atomic E-state index is 0.0455. The molecule has 8 nitrogen and oxygen atoms in total. The van der Waals surface area contributed by atoms with E-state index in [4.69, 9.17) is 11.6 Å². The number of fused-ring (bicyclic) bond motifs is 1. The first-order valence-corrected chi connectivity index (χ1v) is 13.7. The van der Waals surface area contributed by atoms with Gasteiger partial charge in [-0.05, 0) is 78.2 Å². The summed E-state index contributed by atoms with van der Waals surface area (Å²) in [5.74, 6) is 0.216. The number of benzene rings is 1. The summed E-state index contributed by atoms with van der Waals surface area (Å²) in [6.45, 7) is 1.88. The van der Waals surface area contributed by atoms with E-state index in [1.54, 1.807) is 47.6 Å². The molecule has 2 aliphatic heterocycles. The van der Waals surface area contributed by atoms with Crippen molar-refractivity contribution in [3.8, 4) is 22.5 Å². The van der Waals surface area contributed by atoms with Gasteiger partial charge in [0.1, 0.15) is 17.3 Å². The number of hydrogen-bond acceptors (Lipinski definition) is 6. The summed E-state index contributed by atoms with van der Waals surface area (Å²) in [5, 5.41) is 8.22. The Morgan fingerprint density at radius 3 is 2.61 bits per heavy atom. The number of pyridine rings is 2. The van der Waals surface area contributed by atoms with E-state index in [0.29, 0.717) is 34.5 Å². The number of hydrogen-bond donors (Lipinski definition) is 0. The average molecular weight is 580 g/mol. The molecule has 5 heterocycles. The molecule has 1 saturated heterocycles. The zero-order chi connectivity index (χ0) is 28.5. The van der Waals surface area contributed by atoms with Crippen LogP contribution in [0.15, 0.2) is 49.1 Å². The van der Waals surface area contributed by atoms with Crippen LogP contribution < -0.4 is 4.90 Å². The number of alkyl halides is 3. The minimum atomic E-state index is -4.60. The molecular formula is C29H25ClF3N7O. The molecule has 0 radical (unpaired) electrons. The SMILES string of the molecule is Cn1cnnc1-c1ccncc1-c1cc(Cl)nc(N2Cc3c(cc(CN4CCC5(CC5)C4)cc3C(F)(F)F)C2=O)c1. The molecule has 1 aromatic carbocycles. The maximum atomic E-state index is 14.3. The van der Waals surface area contributed by atoms with Crippen LogP contribution >= 0.6 is 11.6 Å². The predicted octanol–water partition coefficient (Wildman–Crippen LogP) is 5.76. The van der Waals surface area contributed by atoms with Gasteiger partial charge in [-0.25, -0.2) is 4.98 Å². The summed E-state index contributed by atoms with van der Waals surface area (Å²) < 4.78 is 44.6. The van der Waals surface area contributed by atoms with Crippen molar-refractivity contribution in [1.82, 2.24) is 29.6 Å². The molecule has 1 aliphatic carbocycles. The smallest absolute Gasteiger partial charge is 0.317 e. The van der Waals surface area contributed by atoms with Crippen LogP contribution in [-0.2, 0) is 26.3 Å². The van der Waals surface area contributed by atoms with E-state index in [9.17, 15) is 18.0 Å². The summed E-state index contributed by atoms with van der Waals surface area (Å²) in [7, 11) is 1.81. The number of carbonyl (C=O) groups is 1. The molecule has 1 saturated carbocycles. The second kappa shape index (κ2) is 9.35. The van der Waals surface area contributed by atoms with E-state index in [0.717, 1.165) is 25.1 Å². The van der Waals surface area contributed by atoms with Crippen molar-refractivity contribution in [3.05, 3.63) is 76.5 Å². The Hall–Kier alpha value is -3.83. The van der Waals surface area contributed by atoms with Gasteiger partial charge < -0.3 is 4.57 Å². The second-order valence-electron chi connectivity index (χ2n) is 11.2. The van der Waals surface area contributed by atoms with Crippen LogP contribution in [-0.4, -0.2) is 48.6 Å². The number of amides is 1. The van der Waals surface area contributed by atoms with Crippen LogP contribution in [0.25, 0.3) is 22.5 Å². The molecule has 0 N–H and O–H groups in total. The molecular weight excluding hydrogens is 555 g/mol. The fraction of sp³-hybridized carbons (Fsp3) is 0.345. The van der Waals surface area contributed by atoms with Gasteiger partial charge in [-0.3, -0.25) is 19.6 Å². The first kappa shape index (κ1) is 26.1. The number of likely N-dealkylation sites (tertiary alicyclic amines) is 1. The molecule has 1 amide bonds. The van der Waals surface area contributed by atoms with Gasteiger partial charge in [0.25, 0.3) is 5.91 Å². The lowest BCUT2D eigenvalue weighted by Crippen LogP contribution is -2.24. The molecule has 4 aromatic rings. The third-order valence-electron chi connectivity index (χ3n) is 8.43. The van der Waals surface area contributed by atoms with E-state index < -0.39 is 17.6 Å². The Morgan fingerprint density at radius 2 is 1.90 bits per heavy atom. The van der Waals surface area contributed by atoms with Gasteiger partial charge >= 0.3 is 6.18 Å². The quantitative estimate of drug-likeness (QED) is 0.280. The van der Waals surface area contributed by atoms with Gasteiger partial charge in [-0.2, -0.15) is 13.2 Å². The highest BCUT2D eigenvalue weighted by Gasteiger charge is 2.47. The monoisotopic (exact) mass is 579 g/mol. The van der Waals surface area contributed by atoms with Crippen molar-refractivity contribution < 1.29 is 18.0 Å². The van der Waals surface area contributed by atoms with Gasteiger partial charge in [0.2, 0.25) is 0 Å². The second-order valence-corrected chi connectivity index (χ2v) is 11.6. The van der Waals surface area contributed by atoms with Gasteiger partial charge in [0, 0.05) is 49.2 Å². The molecule has 3 aliphatic rings. The Labute approximate surface area is 238 Å². The molecule has 2 fully saturated rings. The number of anilines is 1. The number of rotatable bonds is 5. The summed E-state index contributed by atoms with van der Waals surface area (Å²) in [6.07, 6.45) is 3.68. The van der Waals surface area contributed by atoms with Crippen molar-refractivity contribution in [1.29, 1.82) is 0 Å². The van der Waals surface area contributed by atoms with E-state index >= 15 is 0 Å². The fourth-order valence-corrected chi connectivity index (χ4v) is 6.33. The summed E-state index contributed by atoms with van der Waals surface area (Å²) >= 11 is 6.41. The number of aryl methyl sites for hydroxylation is 1. The van der Waals surface area contributed by atoms with Crippen molar-refractivity contribution in [2.75, 3.05) is 18.0 Å². The van der Waals surface area contributed by atoms with Crippen LogP contribution in [0, 0.1) is 5.41 Å². The van der Waals surface area contributed by atoms with Crippen LogP contribution in [0.5, 0.6) is 0 Å². The van der Waals surface area contributed by atoms with E-state index in [-0.39, 0.29) is 28.6 Å². The molecule has 12 heteroatoms. The van der Waals surface area contributed by atoms with Gasteiger partial charge in [-0.1, -0.05) is 11.6 Å². The summed E-state index contributed by atoms with van der Waals surface area (Å²) in [4.78, 5) is 25.7. The van der Waals surface area contributed by atoms with Gasteiger partial charge in [-0.15, -0.1) is 10.2 Å². The van der Waals surface area contributed by atoms with Gasteiger partial charge in [0.15, 0.2) is 5.82 Å². The van der Waals surface area contributed by atoms with Crippen LogP contribution in [0.3, 0.4) is 0 Å². The third-order valence-corrected chi connectivity index (χ3v) is 8.62. The molecule has 1 spiro atoms. The number of halogens is 4. The number of aromatic nitrogens is 5. The molecule has 0 atom stereocenters. The topological polar surface area (TPSA) is 80.0 Å². The van der Waals surface area contributed by atoms with Crippen LogP contribution in [0.2, 0.25) is 5.15 Å². The number of carbonyl (C=O) groups excluding carboxylic acids is 1. The first-order valence-electron chi connectivity index (χ1n) is 13.3. The normalized spacial score (nSPS) is 18.0. The lowest BCUT2D eigenvalue weighted by molar-refractivity contribution is -0.138. The third kappa shape index (κ3) is 4.66. The Kier molecular flexibility index (Phi) is 5.95. The fourth-order valence-electron chi connectivity index (χ4n) is 6.13. The van der Waals surface area contributed by atoms with Crippen molar-refractivity contribution in [2.24, 2.45) is 12.5 Å². The first-order chi connectivity index (χ1) is 19.6. The maximum absolute atomic E-state index is 14.3. The van der Waals surface area contributed by atoms with E-state index in [1.165, 1.54) is 23.8 Å². The molecule has 3 aromatic heterocycles. The minimum Gasteiger partial charge on any atom is -0.317 e. The highest BCUT2D eigenvalue weighted by Crippen LogP contribution is 2.53. The van der Waals surface area contributed by atoms with E-state index in [1.807, 2.05) is 7.05 Å². The molecule has 7 rings (SSSR count). The maximum Gasteiger partial charge on any atom is 0.416 e. The lowest BCUT2D eigenvalue weighted by Gasteiger charge is -2.18. The summed E-state index contributed by atoms with van der Waals surface area (Å²) in [5.41, 5.74) is 2.06. The van der Waals surface area contributed by atoms with Crippen LogP contribution in [0.4, 0.5) is 19.0 Å². The zero-order valence-electron chi connectivity index (χ0n) is 22.1. The Morgan fingerprint density at radius 1 is 1.07 bits per heavy atom. The molecule has 0 unspecified atom stereocenters. The van der Waals surface area contributed by atoms with Crippen molar-refractivity contribution in [3.63, 3.8) is 0 Å². The Balaban J connectivity index is 1.25. The predicted molar refractivity (Wildman–Crippen MR) is 146 cm³/mol. The zero-order valence-corrected chi connectivity index (χ0v) is 22.9. The summed E-state index contributed by atoms with van der Waals surface area (Å²) in [6, 6.07) is 7.86. The highest BCUT2D eigenvalue weighted by molar-refractivity contribution is 6.30. The largest absolute Gasteiger partial charge is 0.416 e.